The third-order valence-electron chi connectivity index (χ3n) is 4.86. The number of hydrogen-bond acceptors (Lipinski definition) is 5. The number of benzene rings is 2. The molecule has 1 fully saturated rings. The van der Waals surface area contributed by atoms with Crippen molar-refractivity contribution < 1.29 is 24.8 Å². The molecule has 2 aliphatic heterocycles. The van der Waals surface area contributed by atoms with Crippen LogP contribution in [0.15, 0.2) is 36.4 Å². The average Bonchev–Trinajstić information content (AvgIpc) is 2.93. The fourth-order valence-corrected chi connectivity index (χ4v) is 3.77. The molecular formula is C18H20O5. The minimum atomic E-state index is -1.37. The Morgan fingerprint density at radius 1 is 1.13 bits per heavy atom. The van der Waals surface area contributed by atoms with Crippen LogP contribution in [0, 0.1) is 0 Å². The van der Waals surface area contributed by atoms with E-state index in [0.717, 1.165) is 21.9 Å². The summed E-state index contributed by atoms with van der Waals surface area (Å²) in [4.78, 5) is 0. The molecule has 1 saturated heterocycles. The van der Waals surface area contributed by atoms with Gasteiger partial charge in [-0.2, -0.15) is 0 Å². The third-order valence-corrected chi connectivity index (χ3v) is 4.86. The Balaban J connectivity index is 1.88. The van der Waals surface area contributed by atoms with Crippen molar-refractivity contribution in [2.24, 2.45) is 0 Å². The molecular weight excluding hydrogens is 296 g/mol. The number of fused-ring (bicyclic) bond motifs is 4. The minimum Gasteiger partial charge on any atom is -0.396 e. The van der Waals surface area contributed by atoms with Gasteiger partial charge in [-0.3, -0.25) is 0 Å². The lowest BCUT2D eigenvalue weighted by molar-refractivity contribution is -0.345. The monoisotopic (exact) mass is 316 g/mol. The molecule has 2 aliphatic rings. The number of aliphatic hydroxyl groups is 3. The summed E-state index contributed by atoms with van der Waals surface area (Å²) in [5.41, 5.74) is 1.75. The summed E-state index contributed by atoms with van der Waals surface area (Å²) < 4.78 is 12.0. The van der Waals surface area contributed by atoms with Gasteiger partial charge in [-0.15, -0.1) is 0 Å². The molecule has 1 spiro atoms. The van der Waals surface area contributed by atoms with Gasteiger partial charge in [0.15, 0.2) is 0 Å². The Morgan fingerprint density at radius 3 is 2.78 bits per heavy atom. The fourth-order valence-electron chi connectivity index (χ4n) is 3.77. The largest absolute Gasteiger partial charge is 0.396 e. The van der Waals surface area contributed by atoms with Crippen LogP contribution in [-0.2, 0) is 21.9 Å². The van der Waals surface area contributed by atoms with Crippen LogP contribution >= 0.6 is 0 Å². The number of hydrogen-bond donors (Lipinski definition) is 3. The van der Waals surface area contributed by atoms with Gasteiger partial charge in [0.2, 0.25) is 5.79 Å². The lowest BCUT2D eigenvalue weighted by Crippen LogP contribution is -2.56. The summed E-state index contributed by atoms with van der Waals surface area (Å²) in [6.07, 6.45) is -1.79. The highest BCUT2D eigenvalue weighted by atomic mass is 16.7. The second-order valence-corrected chi connectivity index (χ2v) is 6.28. The number of aliphatic hydroxyl groups excluding tert-OH is 3. The topological polar surface area (TPSA) is 79.2 Å². The Kier molecular flexibility index (Phi) is 3.63. The van der Waals surface area contributed by atoms with E-state index >= 15 is 0 Å². The predicted molar refractivity (Wildman–Crippen MR) is 83.6 cm³/mol. The van der Waals surface area contributed by atoms with E-state index in [1.807, 2.05) is 36.4 Å². The highest BCUT2D eigenvalue weighted by Gasteiger charge is 2.55. The molecule has 2 aromatic carbocycles. The molecule has 0 unspecified atom stereocenters. The Morgan fingerprint density at radius 2 is 1.96 bits per heavy atom. The Labute approximate surface area is 134 Å². The first kappa shape index (κ1) is 15.1. The zero-order chi connectivity index (χ0) is 16.0. The minimum absolute atomic E-state index is 0.0358. The van der Waals surface area contributed by atoms with E-state index in [1.165, 1.54) is 0 Å². The third kappa shape index (κ3) is 2.20. The molecule has 0 aliphatic carbocycles. The summed E-state index contributed by atoms with van der Waals surface area (Å²) in [5, 5.41) is 32.2. The molecule has 2 heterocycles. The molecule has 3 N–H and O–H groups in total. The van der Waals surface area contributed by atoms with Gasteiger partial charge in [0.1, 0.15) is 6.10 Å². The van der Waals surface area contributed by atoms with Crippen LogP contribution in [0.25, 0.3) is 10.8 Å². The maximum atomic E-state index is 10.7. The predicted octanol–water partition coefficient (Wildman–Crippen LogP) is 1.42. The van der Waals surface area contributed by atoms with E-state index in [9.17, 15) is 15.3 Å². The van der Waals surface area contributed by atoms with E-state index in [2.05, 4.69) is 0 Å². The zero-order valence-electron chi connectivity index (χ0n) is 12.7. The van der Waals surface area contributed by atoms with Gasteiger partial charge in [0.05, 0.1) is 18.8 Å². The van der Waals surface area contributed by atoms with Gasteiger partial charge in [-0.05, 0) is 22.8 Å². The second-order valence-electron chi connectivity index (χ2n) is 6.28. The van der Waals surface area contributed by atoms with Crippen molar-refractivity contribution in [2.45, 2.75) is 43.5 Å². The molecule has 0 aromatic heterocycles. The number of ether oxygens (including phenoxy) is 2. The molecule has 0 amide bonds. The van der Waals surface area contributed by atoms with E-state index in [-0.39, 0.29) is 19.1 Å². The van der Waals surface area contributed by atoms with Gasteiger partial charge >= 0.3 is 0 Å². The lowest BCUT2D eigenvalue weighted by Gasteiger charge is -2.44. The molecule has 5 heteroatoms. The lowest BCUT2D eigenvalue weighted by atomic mass is 9.86. The standard InChI is InChI=1S/C18H20O5/c19-8-7-13-9-15(20)17(21)18(23-13)16-12(10-22-18)6-5-11-3-1-2-4-14(11)16/h1-6,13,15,17,19-21H,7-10H2/t13-,15+,17-,18+/m1/s1. The maximum Gasteiger partial charge on any atom is 0.226 e. The van der Waals surface area contributed by atoms with Crippen LogP contribution < -0.4 is 0 Å². The smallest absolute Gasteiger partial charge is 0.226 e. The first-order valence-electron chi connectivity index (χ1n) is 7.95. The van der Waals surface area contributed by atoms with Crippen molar-refractivity contribution in [2.75, 3.05) is 6.61 Å². The Hall–Kier alpha value is -1.50. The molecule has 2 aromatic rings. The van der Waals surface area contributed by atoms with Crippen LogP contribution in [0.5, 0.6) is 0 Å². The summed E-state index contributed by atoms with van der Waals surface area (Å²) in [6, 6.07) is 11.9. The van der Waals surface area contributed by atoms with Crippen LogP contribution in [0.2, 0.25) is 0 Å². The molecule has 5 nitrogen and oxygen atoms in total. The summed E-state index contributed by atoms with van der Waals surface area (Å²) in [6.45, 7) is 0.293. The van der Waals surface area contributed by atoms with Gasteiger partial charge in [0, 0.05) is 18.6 Å². The number of rotatable bonds is 2. The molecule has 0 saturated carbocycles. The van der Waals surface area contributed by atoms with Crippen molar-refractivity contribution in [3.05, 3.63) is 47.5 Å². The first-order valence-corrected chi connectivity index (χ1v) is 7.95. The van der Waals surface area contributed by atoms with Crippen molar-refractivity contribution in [3.63, 3.8) is 0 Å². The van der Waals surface area contributed by atoms with Crippen LogP contribution in [-0.4, -0.2) is 40.2 Å². The van der Waals surface area contributed by atoms with E-state index in [4.69, 9.17) is 9.47 Å². The summed E-state index contributed by atoms with van der Waals surface area (Å²) >= 11 is 0. The zero-order valence-corrected chi connectivity index (χ0v) is 12.7. The maximum absolute atomic E-state index is 10.7. The van der Waals surface area contributed by atoms with Crippen LogP contribution in [0.4, 0.5) is 0 Å². The first-order chi connectivity index (χ1) is 11.2. The molecule has 0 bridgehead atoms. The highest BCUT2D eigenvalue weighted by molar-refractivity contribution is 5.88. The van der Waals surface area contributed by atoms with E-state index in [0.29, 0.717) is 13.0 Å². The van der Waals surface area contributed by atoms with Gasteiger partial charge in [0.25, 0.3) is 0 Å². The SMILES string of the molecule is OCC[C@@H]1C[C@H](O)[C@@H](O)[C@@]2(OCc3ccc4ccccc4c32)O1. The van der Waals surface area contributed by atoms with Crippen LogP contribution in [0.3, 0.4) is 0 Å². The van der Waals surface area contributed by atoms with Gasteiger partial charge < -0.3 is 24.8 Å². The van der Waals surface area contributed by atoms with Gasteiger partial charge in [-0.25, -0.2) is 0 Å². The Bertz CT molecular complexity index is 730. The molecule has 4 atom stereocenters. The summed E-state index contributed by atoms with van der Waals surface area (Å²) in [7, 11) is 0. The van der Waals surface area contributed by atoms with Crippen molar-refractivity contribution >= 4 is 10.8 Å². The molecule has 122 valence electrons. The quantitative estimate of drug-likeness (QED) is 0.781. The second kappa shape index (κ2) is 5.54. The summed E-state index contributed by atoms with van der Waals surface area (Å²) in [5.74, 6) is -1.37. The average molecular weight is 316 g/mol. The van der Waals surface area contributed by atoms with Gasteiger partial charge in [-0.1, -0.05) is 36.4 Å². The van der Waals surface area contributed by atoms with Crippen molar-refractivity contribution in [1.82, 2.24) is 0 Å². The highest BCUT2D eigenvalue weighted by Crippen LogP contribution is 2.48. The fraction of sp³-hybridized carbons (Fsp3) is 0.444. The van der Waals surface area contributed by atoms with Crippen molar-refractivity contribution in [1.29, 1.82) is 0 Å². The normalized spacial score (nSPS) is 33.3. The molecule has 23 heavy (non-hydrogen) atoms. The van der Waals surface area contributed by atoms with Crippen LogP contribution in [0.1, 0.15) is 24.0 Å². The molecule has 0 radical (unpaired) electrons. The van der Waals surface area contributed by atoms with E-state index in [1.54, 1.807) is 0 Å². The van der Waals surface area contributed by atoms with E-state index < -0.39 is 18.0 Å². The van der Waals surface area contributed by atoms with Crippen molar-refractivity contribution in [3.8, 4) is 0 Å². The molecule has 4 rings (SSSR count).